The van der Waals surface area contributed by atoms with Crippen molar-refractivity contribution < 1.29 is 32.7 Å². The number of Topliss-reactive ketones (excluding diaryl/α,β-unsaturated/α-hetero) is 1. The number of aromatic hydroxyl groups is 1. The number of hydrogen-bond donors (Lipinski definition) is 4. The van der Waals surface area contributed by atoms with Crippen molar-refractivity contribution in [2.75, 3.05) is 19.6 Å². The van der Waals surface area contributed by atoms with Gasteiger partial charge in [-0.05, 0) is 54.8 Å². The molecule has 1 aliphatic heterocycles. The lowest BCUT2D eigenvalue weighted by Crippen LogP contribution is -2.69. The molecule has 6 rings (SSSR count). The maximum atomic E-state index is 14.7. The van der Waals surface area contributed by atoms with Gasteiger partial charge < -0.3 is 30.9 Å². The van der Waals surface area contributed by atoms with Crippen molar-refractivity contribution in [1.29, 1.82) is 0 Å². The Labute approximate surface area is 325 Å². The lowest BCUT2D eigenvalue weighted by Gasteiger charge is -2.46. The predicted octanol–water partition coefficient (Wildman–Crippen LogP) is 4.48. The number of fused-ring (bicyclic) bond motifs is 1. The van der Waals surface area contributed by atoms with Gasteiger partial charge in [-0.2, -0.15) is 0 Å². The molecule has 0 saturated carbocycles. The first-order valence-corrected chi connectivity index (χ1v) is 19.5. The van der Waals surface area contributed by atoms with Crippen LogP contribution in [-0.4, -0.2) is 82.8 Å². The van der Waals surface area contributed by atoms with Crippen molar-refractivity contribution in [3.05, 3.63) is 144 Å². The Hall–Kier alpha value is -6.25. The molecule has 0 aliphatic carbocycles. The predicted molar refractivity (Wildman–Crippen MR) is 212 cm³/mol. The lowest BCUT2D eigenvalue weighted by atomic mass is 9.98. The van der Waals surface area contributed by atoms with Gasteiger partial charge in [-0.15, -0.1) is 6.58 Å². The van der Waals surface area contributed by atoms with E-state index in [9.17, 15) is 32.7 Å². The van der Waals surface area contributed by atoms with Crippen molar-refractivity contribution in [3.63, 3.8) is 0 Å². The van der Waals surface area contributed by atoms with E-state index in [0.717, 1.165) is 15.1 Å². The molecular formula is C42H44N6O7S. The van der Waals surface area contributed by atoms with E-state index in [1.54, 1.807) is 48.5 Å². The average molecular weight is 777 g/mol. The molecule has 0 spiro atoms. The summed E-state index contributed by atoms with van der Waals surface area (Å²) in [6, 6.07) is 25.4. The summed E-state index contributed by atoms with van der Waals surface area (Å²) in [6.07, 6.45) is 1.95. The Kier molecular flexibility index (Phi) is 12.0. The summed E-state index contributed by atoms with van der Waals surface area (Å²) in [5.74, 6) is -1.19. The molecule has 0 radical (unpaired) electrons. The highest BCUT2D eigenvalue weighted by molar-refractivity contribution is 7.90. The lowest BCUT2D eigenvalue weighted by molar-refractivity contribution is -0.156. The number of amides is 4. The molecule has 14 heteroatoms. The Morgan fingerprint density at radius 3 is 2.32 bits per heavy atom. The SMILES string of the molecule is C=CCNCC(=O)N1[C@@H](NC(=O)NCc2ccccc2)CN(Cc2cccc3c(C(C)=O)cn(S(=O)(=O)c4ccc(C)cc4)c23)C(=O)[C@@H]1Cc1ccc(O)cc1. The Morgan fingerprint density at radius 2 is 1.64 bits per heavy atom. The number of phenols is 1. The van der Waals surface area contributed by atoms with Crippen LogP contribution in [0, 0.1) is 6.92 Å². The Morgan fingerprint density at radius 1 is 0.929 bits per heavy atom. The molecule has 2 heterocycles. The molecule has 2 atom stereocenters. The number of aromatic nitrogens is 1. The van der Waals surface area contributed by atoms with Crippen molar-refractivity contribution >= 4 is 44.6 Å². The van der Waals surface area contributed by atoms with Crippen LogP contribution >= 0.6 is 0 Å². The number of para-hydroxylation sites is 1. The first-order valence-electron chi connectivity index (χ1n) is 18.1. The number of nitrogens with one attached hydrogen (secondary N) is 3. The van der Waals surface area contributed by atoms with Crippen LogP contribution in [0.25, 0.3) is 10.9 Å². The van der Waals surface area contributed by atoms with E-state index in [0.29, 0.717) is 23.1 Å². The summed E-state index contributed by atoms with van der Waals surface area (Å²) in [7, 11) is -4.21. The zero-order chi connectivity index (χ0) is 40.0. The molecule has 0 bridgehead atoms. The third kappa shape index (κ3) is 8.66. The number of nitrogens with zero attached hydrogens (tertiary/aromatic N) is 3. The van der Waals surface area contributed by atoms with E-state index in [2.05, 4.69) is 22.5 Å². The quantitative estimate of drug-likeness (QED) is 0.0727. The minimum atomic E-state index is -4.21. The molecule has 1 aromatic heterocycles. The number of phenolic OH excluding ortho intramolecular Hbond substituents is 1. The number of rotatable bonds is 14. The number of piperazine rings is 1. The molecule has 0 unspecified atom stereocenters. The van der Waals surface area contributed by atoms with Crippen LogP contribution in [0.4, 0.5) is 4.79 Å². The van der Waals surface area contributed by atoms with Gasteiger partial charge in [0, 0.05) is 43.2 Å². The van der Waals surface area contributed by atoms with Gasteiger partial charge in [0.2, 0.25) is 11.8 Å². The summed E-state index contributed by atoms with van der Waals surface area (Å²) in [5.41, 5.74) is 3.25. The van der Waals surface area contributed by atoms with Crippen molar-refractivity contribution in [3.8, 4) is 5.75 Å². The van der Waals surface area contributed by atoms with Gasteiger partial charge in [-0.25, -0.2) is 17.2 Å². The second-order valence-corrected chi connectivity index (χ2v) is 15.5. The third-order valence-corrected chi connectivity index (χ3v) is 11.3. The average Bonchev–Trinajstić information content (AvgIpc) is 3.59. The van der Waals surface area contributed by atoms with E-state index < -0.39 is 40.1 Å². The van der Waals surface area contributed by atoms with Gasteiger partial charge in [0.1, 0.15) is 18.0 Å². The monoisotopic (exact) mass is 776 g/mol. The summed E-state index contributed by atoms with van der Waals surface area (Å²) in [4.78, 5) is 58.0. The second-order valence-electron chi connectivity index (χ2n) is 13.7. The van der Waals surface area contributed by atoms with Crippen molar-refractivity contribution in [2.24, 2.45) is 0 Å². The molecule has 290 valence electrons. The number of ketones is 1. The highest BCUT2D eigenvalue weighted by Crippen LogP contribution is 2.32. The van der Waals surface area contributed by atoms with Crippen molar-refractivity contribution in [2.45, 2.75) is 50.5 Å². The largest absolute Gasteiger partial charge is 0.508 e. The Bertz CT molecular complexity index is 2360. The highest BCUT2D eigenvalue weighted by Gasteiger charge is 2.44. The van der Waals surface area contributed by atoms with Crippen LogP contribution in [0.15, 0.2) is 121 Å². The molecule has 1 saturated heterocycles. The van der Waals surface area contributed by atoms with Gasteiger partial charge in [0.15, 0.2) is 5.78 Å². The second kappa shape index (κ2) is 17.0. The number of carbonyl (C=O) groups is 4. The molecule has 1 aliphatic rings. The van der Waals surface area contributed by atoms with Crippen molar-refractivity contribution in [1.82, 2.24) is 29.7 Å². The summed E-state index contributed by atoms with van der Waals surface area (Å²) >= 11 is 0. The van der Waals surface area contributed by atoms with Crippen LogP contribution in [0.1, 0.15) is 39.5 Å². The molecule has 56 heavy (non-hydrogen) atoms. The summed E-state index contributed by atoms with van der Waals surface area (Å²) in [6.45, 7) is 7.03. The molecular weight excluding hydrogens is 733 g/mol. The minimum absolute atomic E-state index is 0.0258. The molecule has 4 N–H and O–H groups in total. The molecule has 13 nitrogen and oxygen atoms in total. The van der Waals surface area contributed by atoms with Gasteiger partial charge in [-0.3, -0.25) is 14.4 Å². The van der Waals surface area contributed by atoms with Crippen LogP contribution in [0.2, 0.25) is 0 Å². The van der Waals surface area contributed by atoms with Gasteiger partial charge >= 0.3 is 6.03 Å². The molecule has 4 amide bonds. The van der Waals surface area contributed by atoms with E-state index in [1.807, 2.05) is 37.3 Å². The summed E-state index contributed by atoms with van der Waals surface area (Å²) in [5, 5.41) is 19.1. The van der Waals surface area contributed by atoms with E-state index in [-0.39, 0.29) is 60.1 Å². The van der Waals surface area contributed by atoms with Gasteiger partial charge in [0.25, 0.3) is 10.0 Å². The minimum Gasteiger partial charge on any atom is -0.508 e. The standard InChI is InChI=1S/C42H44N6O7S/c1-4-21-43-24-39(51)48-37(22-30-15-17-33(50)18-16-30)41(52)46(27-38(48)45-42(53)44-23-31-9-6-5-7-10-31)25-32-11-8-12-35-36(29(3)49)26-47(40(32)35)56(54,55)34-19-13-28(2)14-20-34/h4-20,26,37-38,43,50H,1,21-25,27H2,2-3H3,(H2,44,45,53)/t37-,38+/m0/s1. The summed E-state index contributed by atoms with van der Waals surface area (Å²) < 4.78 is 29.5. The first-order chi connectivity index (χ1) is 26.9. The normalized spacial score (nSPS) is 15.8. The van der Waals surface area contributed by atoms with Gasteiger partial charge in [0.05, 0.1) is 23.5 Å². The van der Waals surface area contributed by atoms with Crippen LogP contribution in [-0.2, 0) is 39.1 Å². The van der Waals surface area contributed by atoms with E-state index in [4.69, 9.17) is 0 Å². The van der Waals surface area contributed by atoms with Crippen LogP contribution < -0.4 is 16.0 Å². The third-order valence-electron chi connectivity index (χ3n) is 9.67. The molecule has 1 fully saturated rings. The number of aryl methyl sites for hydroxylation is 1. The fourth-order valence-corrected chi connectivity index (χ4v) is 8.29. The molecule has 4 aromatic carbocycles. The van der Waals surface area contributed by atoms with Crippen LogP contribution in [0.3, 0.4) is 0 Å². The maximum Gasteiger partial charge on any atom is 0.316 e. The maximum absolute atomic E-state index is 14.7. The topological polar surface area (TPSA) is 170 Å². The number of hydrogen-bond acceptors (Lipinski definition) is 8. The fourth-order valence-electron chi connectivity index (χ4n) is 6.88. The van der Waals surface area contributed by atoms with E-state index in [1.165, 1.54) is 47.2 Å². The first kappa shape index (κ1) is 39.4. The van der Waals surface area contributed by atoms with Crippen LogP contribution in [0.5, 0.6) is 5.75 Å². The van der Waals surface area contributed by atoms with E-state index >= 15 is 0 Å². The number of urea groups is 1. The number of benzene rings is 4. The zero-order valence-electron chi connectivity index (χ0n) is 31.1. The zero-order valence-corrected chi connectivity index (χ0v) is 32.0. The Balaban J connectivity index is 1.42. The van der Waals surface area contributed by atoms with Gasteiger partial charge in [-0.1, -0.05) is 84.4 Å². The number of carbonyl (C=O) groups excluding carboxylic acids is 4. The fraction of sp³-hybridized carbons (Fsp3) is 0.238. The smallest absolute Gasteiger partial charge is 0.316 e. The molecule has 5 aromatic rings. The highest BCUT2D eigenvalue weighted by atomic mass is 32.2.